The van der Waals surface area contributed by atoms with Gasteiger partial charge in [-0.15, -0.1) is 0 Å². The summed E-state index contributed by atoms with van der Waals surface area (Å²) in [6, 6.07) is 4.01. The molecule has 1 aliphatic rings. The Hall–Kier alpha value is -1.25. The van der Waals surface area contributed by atoms with E-state index in [1.807, 2.05) is 6.07 Å². The second-order valence-electron chi connectivity index (χ2n) is 4.17. The average Bonchev–Trinajstić information content (AvgIpc) is 2.75. The zero-order chi connectivity index (χ0) is 9.97. The van der Waals surface area contributed by atoms with E-state index in [-0.39, 0.29) is 5.91 Å². The van der Waals surface area contributed by atoms with Crippen LogP contribution in [0.1, 0.15) is 36.7 Å². The highest BCUT2D eigenvalue weighted by Crippen LogP contribution is 2.24. The van der Waals surface area contributed by atoms with E-state index >= 15 is 0 Å². The van der Waals surface area contributed by atoms with Gasteiger partial charge in [-0.05, 0) is 37.3 Å². The number of hydrogen-bond donors (Lipinski definition) is 2. The molecule has 3 heteroatoms. The van der Waals surface area contributed by atoms with Crippen LogP contribution in [-0.2, 0) is 0 Å². The van der Waals surface area contributed by atoms with Crippen molar-refractivity contribution >= 4 is 5.91 Å². The molecule has 0 spiro atoms. The maximum Gasteiger partial charge on any atom is 0.267 e. The number of amides is 1. The van der Waals surface area contributed by atoms with Crippen molar-refractivity contribution in [2.75, 3.05) is 0 Å². The zero-order valence-corrected chi connectivity index (χ0v) is 8.42. The Morgan fingerprint density at radius 1 is 1.57 bits per heavy atom. The van der Waals surface area contributed by atoms with Gasteiger partial charge in [0, 0.05) is 12.2 Å². The van der Waals surface area contributed by atoms with E-state index in [0.29, 0.717) is 11.7 Å². The highest BCUT2D eigenvalue weighted by molar-refractivity contribution is 5.92. The van der Waals surface area contributed by atoms with Crippen molar-refractivity contribution in [1.82, 2.24) is 10.3 Å². The Morgan fingerprint density at radius 2 is 2.43 bits per heavy atom. The fourth-order valence-electron chi connectivity index (χ4n) is 2.07. The number of carbonyl (C=O) groups is 1. The quantitative estimate of drug-likeness (QED) is 0.739. The normalized spacial score (nSPS) is 26.4. The number of carbonyl (C=O) groups excluding carboxylic acids is 1. The number of hydrogen-bond acceptors (Lipinski definition) is 1. The number of aromatic amines is 1. The standard InChI is InChI=1S/C11H16N2O/c1-8-4-5-9(7-8)13-11(14)10-3-2-6-12-10/h2-3,6,8-9,12H,4-5,7H2,1H3,(H,13,14). The smallest absolute Gasteiger partial charge is 0.267 e. The third kappa shape index (κ3) is 1.97. The molecule has 1 saturated carbocycles. The molecule has 0 aromatic carbocycles. The van der Waals surface area contributed by atoms with Crippen molar-refractivity contribution in [2.24, 2.45) is 5.92 Å². The first-order valence-corrected chi connectivity index (χ1v) is 5.20. The lowest BCUT2D eigenvalue weighted by atomic mass is 10.1. The summed E-state index contributed by atoms with van der Waals surface area (Å²) in [5.41, 5.74) is 0.657. The number of rotatable bonds is 2. The largest absolute Gasteiger partial charge is 0.357 e. The second kappa shape index (κ2) is 3.86. The van der Waals surface area contributed by atoms with Gasteiger partial charge in [-0.1, -0.05) is 6.92 Å². The van der Waals surface area contributed by atoms with E-state index < -0.39 is 0 Å². The highest BCUT2D eigenvalue weighted by atomic mass is 16.1. The van der Waals surface area contributed by atoms with Gasteiger partial charge in [-0.25, -0.2) is 0 Å². The molecular weight excluding hydrogens is 176 g/mol. The van der Waals surface area contributed by atoms with Gasteiger partial charge < -0.3 is 10.3 Å². The minimum atomic E-state index is 0.0223. The maximum absolute atomic E-state index is 11.6. The molecule has 3 nitrogen and oxygen atoms in total. The third-order valence-corrected chi connectivity index (χ3v) is 2.87. The van der Waals surface area contributed by atoms with Crippen LogP contribution in [0.5, 0.6) is 0 Å². The lowest BCUT2D eigenvalue weighted by Gasteiger charge is -2.11. The summed E-state index contributed by atoms with van der Waals surface area (Å²) < 4.78 is 0. The highest BCUT2D eigenvalue weighted by Gasteiger charge is 2.23. The molecule has 2 rings (SSSR count). The van der Waals surface area contributed by atoms with Gasteiger partial charge in [0.1, 0.15) is 5.69 Å². The van der Waals surface area contributed by atoms with Gasteiger partial charge in [-0.2, -0.15) is 0 Å². The first-order chi connectivity index (χ1) is 6.75. The Morgan fingerprint density at radius 3 is 3.00 bits per heavy atom. The van der Waals surface area contributed by atoms with E-state index in [1.165, 1.54) is 6.42 Å². The molecule has 1 aromatic heterocycles. The summed E-state index contributed by atoms with van der Waals surface area (Å²) in [7, 11) is 0. The molecule has 14 heavy (non-hydrogen) atoms. The third-order valence-electron chi connectivity index (χ3n) is 2.87. The molecule has 0 radical (unpaired) electrons. The van der Waals surface area contributed by atoms with Crippen LogP contribution in [0.3, 0.4) is 0 Å². The molecule has 1 aliphatic carbocycles. The van der Waals surface area contributed by atoms with E-state index in [9.17, 15) is 4.79 Å². The lowest BCUT2D eigenvalue weighted by Crippen LogP contribution is -2.33. The second-order valence-corrected chi connectivity index (χ2v) is 4.17. The Bertz CT molecular complexity index is 305. The molecule has 2 N–H and O–H groups in total. The molecule has 1 aromatic rings. The molecule has 1 fully saturated rings. The molecule has 0 saturated heterocycles. The first-order valence-electron chi connectivity index (χ1n) is 5.20. The fourth-order valence-corrected chi connectivity index (χ4v) is 2.07. The summed E-state index contributed by atoms with van der Waals surface area (Å²) in [6.07, 6.45) is 5.24. The Balaban J connectivity index is 1.89. The van der Waals surface area contributed by atoms with Crippen LogP contribution in [0.25, 0.3) is 0 Å². The van der Waals surface area contributed by atoms with Gasteiger partial charge in [0.05, 0.1) is 0 Å². The van der Waals surface area contributed by atoms with E-state index in [2.05, 4.69) is 17.2 Å². The van der Waals surface area contributed by atoms with Crippen LogP contribution < -0.4 is 5.32 Å². The van der Waals surface area contributed by atoms with Crippen LogP contribution in [0, 0.1) is 5.92 Å². The Kier molecular flexibility index (Phi) is 2.57. The summed E-state index contributed by atoms with van der Waals surface area (Å²) in [5, 5.41) is 3.04. The van der Waals surface area contributed by atoms with Crippen molar-refractivity contribution in [3.63, 3.8) is 0 Å². The minimum Gasteiger partial charge on any atom is -0.357 e. The molecule has 1 amide bonds. The van der Waals surface area contributed by atoms with Crippen LogP contribution >= 0.6 is 0 Å². The molecular formula is C11H16N2O. The number of nitrogens with one attached hydrogen (secondary N) is 2. The SMILES string of the molecule is CC1CCC(NC(=O)c2ccc[nH]2)C1. The summed E-state index contributed by atoms with van der Waals surface area (Å²) in [6.45, 7) is 2.24. The molecule has 76 valence electrons. The van der Waals surface area contributed by atoms with Gasteiger partial charge in [0.25, 0.3) is 5.91 Å². The van der Waals surface area contributed by atoms with Gasteiger partial charge in [-0.3, -0.25) is 4.79 Å². The van der Waals surface area contributed by atoms with Gasteiger partial charge in [0.2, 0.25) is 0 Å². The summed E-state index contributed by atoms with van der Waals surface area (Å²) in [5.74, 6) is 0.776. The average molecular weight is 192 g/mol. The van der Waals surface area contributed by atoms with Crippen LogP contribution in [0.15, 0.2) is 18.3 Å². The number of aromatic nitrogens is 1. The summed E-state index contributed by atoms with van der Waals surface area (Å²) >= 11 is 0. The molecule has 0 aliphatic heterocycles. The van der Waals surface area contributed by atoms with Crippen molar-refractivity contribution in [2.45, 2.75) is 32.2 Å². The van der Waals surface area contributed by atoms with Crippen molar-refractivity contribution in [3.8, 4) is 0 Å². The topological polar surface area (TPSA) is 44.9 Å². The molecule has 2 atom stereocenters. The van der Waals surface area contributed by atoms with Crippen LogP contribution in [-0.4, -0.2) is 16.9 Å². The number of H-pyrrole nitrogens is 1. The van der Waals surface area contributed by atoms with E-state index in [4.69, 9.17) is 0 Å². The Labute approximate surface area is 83.9 Å². The predicted octanol–water partition coefficient (Wildman–Crippen LogP) is 1.93. The van der Waals surface area contributed by atoms with E-state index in [1.54, 1.807) is 12.3 Å². The first kappa shape index (κ1) is 9.31. The lowest BCUT2D eigenvalue weighted by molar-refractivity contribution is 0.0933. The fraction of sp³-hybridized carbons (Fsp3) is 0.545. The van der Waals surface area contributed by atoms with Gasteiger partial charge in [0.15, 0.2) is 0 Å². The predicted molar refractivity (Wildman–Crippen MR) is 55.1 cm³/mol. The molecule has 0 bridgehead atoms. The molecule has 2 unspecified atom stereocenters. The zero-order valence-electron chi connectivity index (χ0n) is 8.42. The van der Waals surface area contributed by atoms with E-state index in [0.717, 1.165) is 18.8 Å². The van der Waals surface area contributed by atoms with Crippen molar-refractivity contribution in [3.05, 3.63) is 24.0 Å². The maximum atomic E-state index is 11.6. The van der Waals surface area contributed by atoms with Crippen molar-refractivity contribution in [1.29, 1.82) is 0 Å². The summed E-state index contributed by atoms with van der Waals surface area (Å²) in [4.78, 5) is 14.5. The van der Waals surface area contributed by atoms with Crippen molar-refractivity contribution < 1.29 is 4.79 Å². The molecule has 1 heterocycles. The minimum absolute atomic E-state index is 0.0223. The van der Waals surface area contributed by atoms with Crippen LogP contribution in [0.4, 0.5) is 0 Å². The van der Waals surface area contributed by atoms with Gasteiger partial charge >= 0.3 is 0 Å². The monoisotopic (exact) mass is 192 g/mol. The van der Waals surface area contributed by atoms with Crippen LogP contribution in [0.2, 0.25) is 0 Å².